The van der Waals surface area contributed by atoms with E-state index >= 15 is 0 Å². The van der Waals surface area contributed by atoms with E-state index in [0.717, 1.165) is 31.2 Å². The third-order valence-electron chi connectivity index (χ3n) is 6.31. The SMILES string of the molecule is O=C(NC[C@@H]1CCN(C2CCCC2)C1)c1ccc(N2CCCC2)cc1. The molecule has 4 nitrogen and oxygen atoms in total. The Hall–Kier alpha value is -1.55. The van der Waals surface area contributed by atoms with Crippen LogP contribution in [0.25, 0.3) is 0 Å². The van der Waals surface area contributed by atoms with E-state index in [-0.39, 0.29) is 5.91 Å². The van der Waals surface area contributed by atoms with Gasteiger partial charge in [0.05, 0.1) is 0 Å². The maximum atomic E-state index is 12.4. The Morgan fingerprint density at radius 3 is 2.40 bits per heavy atom. The quantitative estimate of drug-likeness (QED) is 0.893. The van der Waals surface area contributed by atoms with Gasteiger partial charge >= 0.3 is 0 Å². The normalized spacial score (nSPS) is 25.0. The van der Waals surface area contributed by atoms with Crippen LogP contribution in [0.3, 0.4) is 0 Å². The molecule has 136 valence electrons. The molecule has 4 rings (SSSR count). The number of hydrogen-bond donors (Lipinski definition) is 1. The Balaban J connectivity index is 1.24. The van der Waals surface area contributed by atoms with Crippen molar-refractivity contribution in [3.63, 3.8) is 0 Å². The number of nitrogens with zero attached hydrogens (tertiary/aromatic N) is 2. The zero-order valence-corrected chi connectivity index (χ0v) is 15.3. The van der Waals surface area contributed by atoms with Crippen LogP contribution in [-0.4, -0.2) is 49.6 Å². The Labute approximate surface area is 151 Å². The lowest BCUT2D eigenvalue weighted by atomic mass is 10.1. The predicted octanol–water partition coefficient (Wildman–Crippen LogP) is 3.28. The van der Waals surface area contributed by atoms with E-state index in [1.807, 2.05) is 12.1 Å². The summed E-state index contributed by atoms with van der Waals surface area (Å²) in [6, 6.07) is 8.96. The molecule has 1 aromatic rings. The van der Waals surface area contributed by atoms with Crippen molar-refractivity contribution in [1.29, 1.82) is 0 Å². The van der Waals surface area contributed by atoms with Gasteiger partial charge in [-0.3, -0.25) is 4.79 Å². The number of rotatable bonds is 5. The van der Waals surface area contributed by atoms with Crippen LogP contribution in [0.1, 0.15) is 55.3 Å². The van der Waals surface area contributed by atoms with E-state index in [0.29, 0.717) is 5.92 Å². The zero-order valence-electron chi connectivity index (χ0n) is 15.3. The van der Waals surface area contributed by atoms with E-state index in [9.17, 15) is 4.79 Å². The van der Waals surface area contributed by atoms with E-state index in [4.69, 9.17) is 0 Å². The fraction of sp³-hybridized carbons (Fsp3) is 0.667. The molecule has 1 amide bonds. The van der Waals surface area contributed by atoms with Crippen LogP contribution >= 0.6 is 0 Å². The van der Waals surface area contributed by atoms with Crippen LogP contribution in [-0.2, 0) is 0 Å². The van der Waals surface area contributed by atoms with Crippen LogP contribution in [0.15, 0.2) is 24.3 Å². The lowest BCUT2D eigenvalue weighted by Gasteiger charge is -2.23. The molecule has 2 aliphatic heterocycles. The fourth-order valence-electron chi connectivity index (χ4n) is 4.77. The van der Waals surface area contributed by atoms with Crippen LogP contribution in [0.4, 0.5) is 5.69 Å². The molecule has 25 heavy (non-hydrogen) atoms. The average molecular weight is 341 g/mol. The Morgan fingerprint density at radius 2 is 1.68 bits per heavy atom. The van der Waals surface area contributed by atoms with Gasteiger partial charge in [0.1, 0.15) is 0 Å². The van der Waals surface area contributed by atoms with Gasteiger partial charge in [0.15, 0.2) is 0 Å². The lowest BCUT2D eigenvalue weighted by Crippen LogP contribution is -2.34. The molecule has 0 unspecified atom stereocenters. The van der Waals surface area contributed by atoms with Gasteiger partial charge in [0.2, 0.25) is 0 Å². The summed E-state index contributed by atoms with van der Waals surface area (Å²) in [6.45, 7) is 5.49. The molecule has 3 aliphatic rings. The molecule has 0 bridgehead atoms. The van der Waals surface area contributed by atoms with Crippen molar-refractivity contribution in [1.82, 2.24) is 10.2 Å². The van der Waals surface area contributed by atoms with Gasteiger partial charge < -0.3 is 15.1 Å². The molecule has 3 fully saturated rings. The highest BCUT2D eigenvalue weighted by atomic mass is 16.1. The topological polar surface area (TPSA) is 35.6 Å². The molecular formula is C21H31N3O. The molecule has 1 aromatic carbocycles. The summed E-state index contributed by atoms with van der Waals surface area (Å²) < 4.78 is 0. The third kappa shape index (κ3) is 4.00. The molecule has 1 aliphatic carbocycles. The van der Waals surface area contributed by atoms with Gasteiger partial charge in [0, 0.05) is 43.5 Å². The average Bonchev–Trinajstić information content (AvgIpc) is 3.42. The molecule has 0 radical (unpaired) electrons. The Kier molecular flexibility index (Phi) is 5.25. The van der Waals surface area contributed by atoms with E-state index in [1.165, 1.54) is 63.7 Å². The molecule has 1 saturated carbocycles. The van der Waals surface area contributed by atoms with Gasteiger partial charge in [-0.15, -0.1) is 0 Å². The van der Waals surface area contributed by atoms with Gasteiger partial charge in [-0.25, -0.2) is 0 Å². The number of likely N-dealkylation sites (tertiary alicyclic amines) is 1. The number of nitrogens with one attached hydrogen (secondary N) is 1. The molecular weight excluding hydrogens is 310 g/mol. The van der Waals surface area contributed by atoms with Gasteiger partial charge in [-0.2, -0.15) is 0 Å². The molecule has 2 heterocycles. The molecule has 0 aromatic heterocycles. The van der Waals surface area contributed by atoms with Crippen molar-refractivity contribution in [2.75, 3.05) is 37.6 Å². The van der Waals surface area contributed by atoms with Crippen LogP contribution in [0.5, 0.6) is 0 Å². The van der Waals surface area contributed by atoms with Crippen LogP contribution < -0.4 is 10.2 Å². The summed E-state index contributed by atoms with van der Waals surface area (Å²) in [5, 5.41) is 3.16. The van der Waals surface area contributed by atoms with Gasteiger partial charge in [0.25, 0.3) is 5.91 Å². The van der Waals surface area contributed by atoms with Crippen LogP contribution in [0, 0.1) is 5.92 Å². The molecule has 1 N–H and O–H groups in total. The lowest BCUT2D eigenvalue weighted by molar-refractivity contribution is 0.0947. The zero-order chi connectivity index (χ0) is 17.1. The maximum Gasteiger partial charge on any atom is 0.251 e. The number of hydrogen-bond acceptors (Lipinski definition) is 3. The molecule has 1 atom stereocenters. The van der Waals surface area contributed by atoms with E-state index in [1.54, 1.807) is 0 Å². The van der Waals surface area contributed by atoms with Crippen molar-refractivity contribution < 1.29 is 4.79 Å². The molecule has 4 heteroatoms. The first-order valence-corrected chi connectivity index (χ1v) is 10.2. The Bertz CT molecular complexity index is 573. The van der Waals surface area contributed by atoms with Crippen molar-refractivity contribution >= 4 is 11.6 Å². The second kappa shape index (κ2) is 7.77. The maximum absolute atomic E-state index is 12.4. The minimum atomic E-state index is 0.0762. The number of benzene rings is 1. The van der Waals surface area contributed by atoms with Crippen molar-refractivity contribution in [3.8, 4) is 0 Å². The minimum Gasteiger partial charge on any atom is -0.372 e. The fourth-order valence-corrected chi connectivity index (χ4v) is 4.77. The summed E-state index contributed by atoms with van der Waals surface area (Å²) in [6.07, 6.45) is 9.34. The third-order valence-corrected chi connectivity index (χ3v) is 6.31. The summed E-state index contributed by atoms with van der Waals surface area (Å²) >= 11 is 0. The smallest absolute Gasteiger partial charge is 0.251 e. The second-order valence-electron chi connectivity index (χ2n) is 8.04. The first-order chi connectivity index (χ1) is 12.3. The minimum absolute atomic E-state index is 0.0762. The summed E-state index contributed by atoms with van der Waals surface area (Å²) in [5.41, 5.74) is 2.03. The number of anilines is 1. The summed E-state index contributed by atoms with van der Waals surface area (Å²) in [4.78, 5) is 17.5. The summed E-state index contributed by atoms with van der Waals surface area (Å²) in [7, 11) is 0. The highest BCUT2D eigenvalue weighted by Gasteiger charge is 2.29. The highest BCUT2D eigenvalue weighted by molar-refractivity contribution is 5.94. The van der Waals surface area contributed by atoms with Crippen molar-refractivity contribution in [2.45, 2.75) is 51.0 Å². The van der Waals surface area contributed by atoms with Crippen molar-refractivity contribution in [3.05, 3.63) is 29.8 Å². The molecule has 2 saturated heterocycles. The van der Waals surface area contributed by atoms with E-state index < -0.39 is 0 Å². The number of amides is 1. The monoisotopic (exact) mass is 341 g/mol. The summed E-state index contributed by atoms with van der Waals surface area (Å²) in [5.74, 6) is 0.695. The number of carbonyl (C=O) groups is 1. The first kappa shape index (κ1) is 16.9. The van der Waals surface area contributed by atoms with E-state index in [2.05, 4.69) is 27.2 Å². The predicted molar refractivity (Wildman–Crippen MR) is 102 cm³/mol. The molecule has 0 spiro atoms. The first-order valence-electron chi connectivity index (χ1n) is 10.2. The Morgan fingerprint density at radius 1 is 0.960 bits per heavy atom. The van der Waals surface area contributed by atoms with Gasteiger partial charge in [-0.1, -0.05) is 12.8 Å². The van der Waals surface area contributed by atoms with Crippen molar-refractivity contribution in [2.24, 2.45) is 5.92 Å². The largest absolute Gasteiger partial charge is 0.372 e. The highest BCUT2D eigenvalue weighted by Crippen LogP contribution is 2.28. The van der Waals surface area contributed by atoms with Gasteiger partial charge in [-0.05, 0) is 68.8 Å². The van der Waals surface area contributed by atoms with Crippen LogP contribution in [0.2, 0.25) is 0 Å². The second-order valence-corrected chi connectivity index (χ2v) is 8.04. The standard InChI is InChI=1S/C21H31N3O/c25-21(18-7-9-20(10-8-18)23-12-3-4-13-23)22-15-17-11-14-24(16-17)19-5-1-2-6-19/h7-10,17,19H,1-6,11-16H2,(H,22,25)/t17-/m0/s1. The number of carbonyl (C=O) groups excluding carboxylic acids is 1.